The van der Waals surface area contributed by atoms with Crippen molar-refractivity contribution in [2.75, 3.05) is 11.9 Å². The van der Waals surface area contributed by atoms with Gasteiger partial charge in [-0.2, -0.15) is 13.2 Å². The number of hydrogen-bond acceptors (Lipinski definition) is 1. The molecule has 2 aromatic rings. The Morgan fingerprint density at radius 2 is 1.73 bits per heavy atom. The van der Waals surface area contributed by atoms with Crippen LogP contribution in [0.25, 0.3) is 11.1 Å². The van der Waals surface area contributed by atoms with Crippen LogP contribution in [0.3, 0.4) is 0 Å². The summed E-state index contributed by atoms with van der Waals surface area (Å²) in [6.45, 7) is 2.99. The molecule has 0 aromatic heterocycles. The molecule has 22 heavy (non-hydrogen) atoms. The summed E-state index contributed by atoms with van der Waals surface area (Å²) < 4.78 is 38.4. The first-order valence-electron chi connectivity index (χ1n) is 7.13. The lowest BCUT2D eigenvalue weighted by Gasteiger charge is -2.11. The molecule has 0 aliphatic heterocycles. The molecule has 0 bridgehead atoms. The van der Waals surface area contributed by atoms with Gasteiger partial charge >= 0.3 is 6.18 Å². The third-order valence-electron chi connectivity index (χ3n) is 3.35. The molecule has 0 radical (unpaired) electrons. The van der Waals surface area contributed by atoms with E-state index in [0.717, 1.165) is 37.2 Å². The van der Waals surface area contributed by atoms with E-state index in [1.165, 1.54) is 6.07 Å². The molecule has 0 heterocycles. The summed E-state index contributed by atoms with van der Waals surface area (Å²) >= 11 is 6.04. The second kappa shape index (κ2) is 7.05. The zero-order valence-electron chi connectivity index (χ0n) is 12.2. The molecule has 0 atom stereocenters. The first-order valence-corrected chi connectivity index (χ1v) is 7.50. The fourth-order valence-corrected chi connectivity index (χ4v) is 2.33. The van der Waals surface area contributed by atoms with Gasteiger partial charge in [0.2, 0.25) is 0 Å². The van der Waals surface area contributed by atoms with Gasteiger partial charge in [0.15, 0.2) is 0 Å². The van der Waals surface area contributed by atoms with Crippen molar-refractivity contribution in [3.63, 3.8) is 0 Å². The Morgan fingerprint density at radius 3 is 2.32 bits per heavy atom. The van der Waals surface area contributed by atoms with Crippen molar-refractivity contribution >= 4 is 17.3 Å². The number of unbranched alkanes of at least 4 members (excludes halogenated alkanes) is 1. The molecule has 5 heteroatoms. The molecule has 0 unspecified atom stereocenters. The zero-order valence-corrected chi connectivity index (χ0v) is 12.9. The van der Waals surface area contributed by atoms with Gasteiger partial charge in [0.25, 0.3) is 0 Å². The minimum absolute atomic E-state index is 0.305. The van der Waals surface area contributed by atoms with Crippen LogP contribution in [0.5, 0.6) is 0 Å². The maximum absolute atomic E-state index is 12.8. The molecular formula is C17H17ClF3N. The van der Waals surface area contributed by atoms with E-state index in [-0.39, 0.29) is 0 Å². The molecule has 0 aliphatic carbocycles. The third kappa shape index (κ3) is 4.17. The predicted octanol–water partition coefficient (Wildman–Crippen LogP) is 6.24. The molecule has 2 aromatic carbocycles. The summed E-state index contributed by atoms with van der Waals surface area (Å²) in [5.41, 5.74) is 1.30. The zero-order chi connectivity index (χ0) is 16.2. The van der Waals surface area contributed by atoms with Crippen LogP contribution in [0.4, 0.5) is 18.9 Å². The molecule has 0 amide bonds. The molecular weight excluding hydrogens is 311 g/mol. The van der Waals surface area contributed by atoms with Crippen LogP contribution in [0.2, 0.25) is 5.02 Å². The SMILES string of the molecule is CCCCNc1ccc(-c2cc(C(F)(F)F)ccc2Cl)cc1. The van der Waals surface area contributed by atoms with E-state index in [1.54, 1.807) is 12.1 Å². The van der Waals surface area contributed by atoms with Crippen molar-refractivity contribution in [2.45, 2.75) is 25.9 Å². The summed E-state index contributed by atoms with van der Waals surface area (Å²) in [6.07, 6.45) is -2.20. The Morgan fingerprint density at radius 1 is 1.05 bits per heavy atom. The highest BCUT2D eigenvalue weighted by Gasteiger charge is 2.31. The highest BCUT2D eigenvalue weighted by molar-refractivity contribution is 6.33. The van der Waals surface area contributed by atoms with Crippen LogP contribution in [-0.4, -0.2) is 6.54 Å². The Kier molecular flexibility index (Phi) is 5.35. The molecule has 0 aliphatic rings. The molecule has 0 fully saturated rings. The average molecular weight is 328 g/mol. The molecule has 118 valence electrons. The topological polar surface area (TPSA) is 12.0 Å². The molecule has 1 N–H and O–H groups in total. The summed E-state index contributed by atoms with van der Waals surface area (Å²) in [4.78, 5) is 0. The van der Waals surface area contributed by atoms with Crippen molar-refractivity contribution in [2.24, 2.45) is 0 Å². The number of alkyl halides is 3. The average Bonchev–Trinajstić information content (AvgIpc) is 2.48. The van der Waals surface area contributed by atoms with E-state index >= 15 is 0 Å². The van der Waals surface area contributed by atoms with Gasteiger partial charge in [-0.3, -0.25) is 0 Å². The van der Waals surface area contributed by atoms with Crippen LogP contribution < -0.4 is 5.32 Å². The van der Waals surface area contributed by atoms with Gasteiger partial charge in [-0.15, -0.1) is 0 Å². The van der Waals surface area contributed by atoms with E-state index in [2.05, 4.69) is 12.2 Å². The normalized spacial score (nSPS) is 11.5. The Labute approximate surface area is 133 Å². The minimum Gasteiger partial charge on any atom is -0.385 e. The van der Waals surface area contributed by atoms with Gasteiger partial charge in [-0.1, -0.05) is 37.1 Å². The monoisotopic (exact) mass is 327 g/mol. The van der Waals surface area contributed by atoms with Crippen LogP contribution in [0, 0.1) is 0 Å². The van der Waals surface area contributed by atoms with Gasteiger partial charge in [-0.25, -0.2) is 0 Å². The van der Waals surface area contributed by atoms with Gasteiger partial charge in [-0.05, 0) is 42.3 Å². The standard InChI is InChI=1S/C17H17ClF3N/c1-2-3-10-22-14-7-4-12(5-8-14)15-11-13(17(19,20)21)6-9-16(15)18/h4-9,11,22H,2-3,10H2,1H3. The first kappa shape index (κ1) is 16.7. The van der Waals surface area contributed by atoms with Crippen LogP contribution >= 0.6 is 11.6 Å². The summed E-state index contributed by atoms with van der Waals surface area (Å²) in [5, 5.41) is 3.57. The van der Waals surface area contributed by atoms with Crippen LogP contribution in [0.1, 0.15) is 25.3 Å². The van der Waals surface area contributed by atoms with E-state index in [0.29, 0.717) is 16.1 Å². The second-order valence-corrected chi connectivity index (χ2v) is 5.46. The fraction of sp³-hybridized carbons (Fsp3) is 0.294. The van der Waals surface area contributed by atoms with Gasteiger partial charge in [0.1, 0.15) is 0 Å². The third-order valence-corrected chi connectivity index (χ3v) is 3.68. The molecule has 1 nitrogen and oxygen atoms in total. The lowest BCUT2D eigenvalue weighted by Crippen LogP contribution is -2.04. The molecule has 2 rings (SSSR count). The number of rotatable bonds is 5. The van der Waals surface area contributed by atoms with Gasteiger partial charge in [0, 0.05) is 22.8 Å². The Balaban J connectivity index is 2.24. The minimum atomic E-state index is -4.37. The number of halogens is 4. The van der Waals surface area contributed by atoms with Gasteiger partial charge < -0.3 is 5.32 Å². The smallest absolute Gasteiger partial charge is 0.385 e. The highest BCUT2D eigenvalue weighted by Crippen LogP contribution is 2.36. The largest absolute Gasteiger partial charge is 0.416 e. The van der Waals surface area contributed by atoms with Crippen molar-refractivity contribution in [3.05, 3.63) is 53.1 Å². The predicted molar refractivity (Wildman–Crippen MR) is 85.3 cm³/mol. The molecule has 0 spiro atoms. The molecule has 0 saturated heterocycles. The van der Waals surface area contributed by atoms with E-state index in [4.69, 9.17) is 11.6 Å². The van der Waals surface area contributed by atoms with Crippen molar-refractivity contribution < 1.29 is 13.2 Å². The fourth-order valence-electron chi connectivity index (χ4n) is 2.10. The van der Waals surface area contributed by atoms with Gasteiger partial charge in [0.05, 0.1) is 5.56 Å². The summed E-state index contributed by atoms with van der Waals surface area (Å²) in [7, 11) is 0. The van der Waals surface area contributed by atoms with E-state index in [9.17, 15) is 13.2 Å². The maximum atomic E-state index is 12.8. The summed E-state index contributed by atoms with van der Waals surface area (Å²) in [5.74, 6) is 0. The second-order valence-electron chi connectivity index (χ2n) is 5.05. The van der Waals surface area contributed by atoms with Crippen molar-refractivity contribution in [1.29, 1.82) is 0 Å². The number of anilines is 1. The summed E-state index contributed by atoms with van der Waals surface area (Å²) in [6, 6.07) is 10.6. The Bertz CT molecular complexity index is 621. The number of nitrogens with one attached hydrogen (secondary N) is 1. The lowest BCUT2D eigenvalue weighted by atomic mass is 10.0. The molecule has 0 saturated carbocycles. The van der Waals surface area contributed by atoms with Crippen LogP contribution in [0.15, 0.2) is 42.5 Å². The maximum Gasteiger partial charge on any atom is 0.416 e. The van der Waals surface area contributed by atoms with Crippen molar-refractivity contribution in [1.82, 2.24) is 0 Å². The lowest BCUT2D eigenvalue weighted by molar-refractivity contribution is -0.137. The number of hydrogen-bond donors (Lipinski definition) is 1. The number of benzene rings is 2. The van der Waals surface area contributed by atoms with Crippen molar-refractivity contribution in [3.8, 4) is 11.1 Å². The van der Waals surface area contributed by atoms with Crippen LogP contribution in [-0.2, 0) is 6.18 Å². The quantitative estimate of drug-likeness (QED) is 0.641. The van der Waals surface area contributed by atoms with E-state index < -0.39 is 11.7 Å². The first-order chi connectivity index (χ1) is 10.4. The van der Waals surface area contributed by atoms with E-state index in [1.807, 2.05) is 12.1 Å². The highest BCUT2D eigenvalue weighted by atomic mass is 35.5. The Hall–Kier alpha value is -1.68.